The fraction of sp³-hybridized carbons (Fsp3) is 0.438. The van der Waals surface area contributed by atoms with E-state index in [9.17, 15) is 9.18 Å². The molecule has 2 unspecified atom stereocenters. The van der Waals surface area contributed by atoms with Gasteiger partial charge in [-0.3, -0.25) is 9.48 Å². The van der Waals surface area contributed by atoms with Crippen LogP contribution >= 0.6 is 0 Å². The Morgan fingerprint density at radius 3 is 2.91 bits per heavy atom. The van der Waals surface area contributed by atoms with Gasteiger partial charge in [0.05, 0.1) is 6.04 Å². The van der Waals surface area contributed by atoms with E-state index in [1.54, 1.807) is 12.3 Å². The SMILES string of the molecule is CC1CCCCC1n1cc(C(N)=O)c(Nc2ccnc(F)c2)n1. The molecule has 1 fully saturated rings. The molecule has 3 N–H and O–H groups in total. The largest absolute Gasteiger partial charge is 0.365 e. The minimum absolute atomic E-state index is 0.256. The quantitative estimate of drug-likeness (QED) is 0.849. The molecule has 2 heterocycles. The summed E-state index contributed by atoms with van der Waals surface area (Å²) < 4.78 is 15.0. The number of rotatable bonds is 4. The number of nitrogens with two attached hydrogens (primary N) is 1. The first-order valence-corrected chi connectivity index (χ1v) is 7.82. The van der Waals surface area contributed by atoms with Gasteiger partial charge in [-0.25, -0.2) is 4.98 Å². The van der Waals surface area contributed by atoms with Gasteiger partial charge in [0, 0.05) is 24.1 Å². The van der Waals surface area contributed by atoms with Gasteiger partial charge in [0.1, 0.15) is 5.56 Å². The molecule has 1 saturated carbocycles. The van der Waals surface area contributed by atoms with Crippen LogP contribution in [0.25, 0.3) is 0 Å². The van der Waals surface area contributed by atoms with Crippen LogP contribution in [0.4, 0.5) is 15.9 Å². The van der Waals surface area contributed by atoms with Gasteiger partial charge < -0.3 is 11.1 Å². The summed E-state index contributed by atoms with van der Waals surface area (Å²) in [5.74, 6) is -0.316. The maximum absolute atomic E-state index is 13.2. The second-order valence-electron chi connectivity index (χ2n) is 6.06. The number of halogens is 1. The average molecular weight is 317 g/mol. The number of pyridine rings is 1. The zero-order valence-corrected chi connectivity index (χ0v) is 13.0. The van der Waals surface area contributed by atoms with Crippen LogP contribution in [0.1, 0.15) is 49.0 Å². The highest BCUT2D eigenvalue weighted by atomic mass is 19.1. The van der Waals surface area contributed by atoms with Crippen molar-refractivity contribution in [3.63, 3.8) is 0 Å². The summed E-state index contributed by atoms with van der Waals surface area (Å²) in [7, 11) is 0. The topological polar surface area (TPSA) is 85.8 Å². The van der Waals surface area contributed by atoms with E-state index in [-0.39, 0.29) is 6.04 Å². The molecule has 2 aromatic heterocycles. The van der Waals surface area contributed by atoms with Crippen LogP contribution in [-0.2, 0) is 0 Å². The van der Waals surface area contributed by atoms with Crippen LogP contribution in [0, 0.1) is 11.9 Å². The molecular formula is C16H20FN5O. The maximum atomic E-state index is 13.2. The van der Waals surface area contributed by atoms with E-state index < -0.39 is 11.9 Å². The van der Waals surface area contributed by atoms with Crippen molar-refractivity contribution in [2.75, 3.05) is 5.32 Å². The summed E-state index contributed by atoms with van der Waals surface area (Å²) in [5, 5.41) is 7.45. The predicted molar refractivity (Wildman–Crippen MR) is 84.9 cm³/mol. The van der Waals surface area contributed by atoms with Crippen LogP contribution in [-0.4, -0.2) is 20.7 Å². The van der Waals surface area contributed by atoms with E-state index in [4.69, 9.17) is 5.73 Å². The molecule has 122 valence electrons. The Balaban J connectivity index is 1.91. The number of nitrogens with one attached hydrogen (secondary N) is 1. The second-order valence-corrected chi connectivity index (χ2v) is 6.06. The van der Waals surface area contributed by atoms with Crippen molar-refractivity contribution in [2.45, 2.75) is 38.6 Å². The molecule has 0 saturated heterocycles. The van der Waals surface area contributed by atoms with Crippen LogP contribution in [0.15, 0.2) is 24.5 Å². The Labute approximate surface area is 133 Å². The molecule has 2 aromatic rings. The van der Waals surface area contributed by atoms with Crippen LogP contribution in [0.2, 0.25) is 0 Å². The molecule has 0 aliphatic heterocycles. The number of carbonyl (C=O) groups is 1. The first-order chi connectivity index (χ1) is 11.0. The third-order valence-electron chi connectivity index (χ3n) is 4.39. The number of carbonyl (C=O) groups excluding carboxylic acids is 1. The first kappa shape index (κ1) is 15.5. The highest BCUT2D eigenvalue weighted by Gasteiger charge is 2.26. The summed E-state index contributed by atoms with van der Waals surface area (Å²) in [4.78, 5) is 15.2. The van der Waals surface area contributed by atoms with Gasteiger partial charge in [-0.1, -0.05) is 19.8 Å². The summed E-state index contributed by atoms with van der Waals surface area (Å²) in [5.41, 5.74) is 6.24. The van der Waals surface area contributed by atoms with Crippen molar-refractivity contribution in [3.8, 4) is 0 Å². The molecule has 7 heteroatoms. The summed E-state index contributed by atoms with van der Waals surface area (Å²) in [6.45, 7) is 2.20. The fourth-order valence-corrected chi connectivity index (χ4v) is 3.14. The fourth-order valence-electron chi connectivity index (χ4n) is 3.14. The molecule has 0 radical (unpaired) electrons. The van der Waals surface area contributed by atoms with Crippen LogP contribution < -0.4 is 11.1 Å². The molecule has 23 heavy (non-hydrogen) atoms. The smallest absolute Gasteiger partial charge is 0.254 e. The Bertz CT molecular complexity index is 714. The molecule has 3 rings (SSSR count). The van der Waals surface area contributed by atoms with Crippen molar-refractivity contribution < 1.29 is 9.18 Å². The lowest BCUT2D eigenvalue weighted by molar-refractivity contribution is 0.100. The number of hydrogen-bond acceptors (Lipinski definition) is 4. The van der Waals surface area contributed by atoms with Gasteiger partial charge in [0.25, 0.3) is 5.91 Å². The van der Waals surface area contributed by atoms with E-state index in [2.05, 4.69) is 22.3 Å². The predicted octanol–water partition coefficient (Wildman–Crippen LogP) is 3.01. The number of aromatic nitrogens is 3. The molecule has 6 nitrogen and oxygen atoms in total. The molecule has 2 atom stereocenters. The second kappa shape index (κ2) is 6.36. The molecule has 0 bridgehead atoms. The van der Waals surface area contributed by atoms with Crippen molar-refractivity contribution >= 4 is 17.4 Å². The average Bonchev–Trinajstić information content (AvgIpc) is 2.91. The van der Waals surface area contributed by atoms with Crippen molar-refractivity contribution in [1.82, 2.24) is 14.8 Å². The van der Waals surface area contributed by atoms with Gasteiger partial charge in [0.2, 0.25) is 5.95 Å². The minimum atomic E-state index is -0.601. The van der Waals surface area contributed by atoms with Crippen LogP contribution in [0.5, 0.6) is 0 Å². The summed E-state index contributed by atoms with van der Waals surface area (Å²) >= 11 is 0. The van der Waals surface area contributed by atoms with Crippen molar-refractivity contribution in [2.24, 2.45) is 11.7 Å². The monoisotopic (exact) mass is 317 g/mol. The third kappa shape index (κ3) is 3.33. The summed E-state index contributed by atoms with van der Waals surface area (Å²) in [6.07, 6.45) is 7.59. The van der Waals surface area contributed by atoms with Crippen LogP contribution in [0.3, 0.4) is 0 Å². The van der Waals surface area contributed by atoms with E-state index in [0.717, 1.165) is 19.3 Å². The van der Waals surface area contributed by atoms with E-state index in [0.29, 0.717) is 23.0 Å². The van der Waals surface area contributed by atoms with E-state index in [1.807, 2.05) is 4.68 Å². The minimum Gasteiger partial charge on any atom is -0.365 e. The molecular weight excluding hydrogens is 297 g/mol. The third-order valence-corrected chi connectivity index (χ3v) is 4.39. The molecule has 1 aliphatic carbocycles. The molecule has 1 amide bonds. The normalized spacial score (nSPS) is 21.1. The number of primary amides is 1. The molecule has 0 aromatic carbocycles. The number of amides is 1. The maximum Gasteiger partial charge on any atom is 0.254 e. The van der Waals surface area contributed by atoms with E-state index in [1.165, 1.54) is 18.7 Å². The van der Waals surface area contributed by atoms with Crippen molar-refractivity contribution in [1.29, 1.82) is 0 Å². The van der Waals surface area contributed by atoms with Gasteiger partial charge in [0.15, 0.2) is 5.82 Å². The Kier molecular flexibility index (Phi) is 4.27. The lowest BCUT2D eigenvalue weighted by Gasteiger charge is -2.28. The molecule has 0 spiro atoms. The van der Waals surface area contributed by atoms with E-state index >= 15 is 0 Å². The Morgan fingerprint density at radius 1 is 1.43 bits per heavy atom. The number of hydrogen-bond donors (Lipinski definition) is 2. The van der Waals surface area contributed by atoms with Gasteiger partial charge >= 0.3 is 0 Å². The highest BCUT2D eigenvalue weighted by Crippen LogP contribution is 2.34. The number of anilines is 2. The lowest BCUT2D eigenvalue weighted by Crippen LogP contribution is -2.21. The van der Waals surface area contributed by atoms with Gasteiger partial charge in [-0.05, 0) is 24.8 Å². The van der Waals surface area contributed by atoms with Crippen molar-refractivity contribution in [3.05, 3.63) is 36.0 Å². The summed E-state index contributed by atoms with van der Waals surface area (Å²) in [6, 6.07) is 3.11. The standard InChI is InChI=1S/C16H20FN5O/c1-10-4-2-3-5-13(10)22-9-12(15(18)23)16(21-22)20-11-6-7-19-14(17)8-11/h6-10,13H,2-5H2,1H3,(H2,18,23)(H,19,20,21). The highest BCUT2D eigenvalue weighted by molar-refractivity contribution is 5.98. The number of nitrogens with zero attached hydrogens (tertiary/aromatic N) is 3. The first-order valence-electron chi connectivity index (χ1n) is 7.82. The molecule has 1 aliphatic rings. The zero-order valence-electron chi connectivity index (χ0n) is 13.0. The zero-order chi connectivity index (χ0) is 16.4. The lowest BCUT2D eigenvalue weighted by atomic mass is 9.86. The Morgan fingerprint density at radius 2 is 2.22 bits per heavy atom. The Hall–Kier alpha value is -2.44. The van der Waals surface area contributed by atoms with Gasteiger partial charge in [-0.2, -0.15) is 9.49 Å². The van der Waals surface area contributed by atoms with Gasteiger partial charge in [-0.15, -0.1) is 0 Å².